The fourth-order valence-corrected chi connectivity index (χ4v) is 2.72. The Morgan fingerprint density at radius 2 is 1.76 bits per heavy atom. The van der Waals surface area contributed by atoms with E-state index in [1.54, 1.807) is 6.33 Å². The van der Waals surface area contributed by atoms with E-state index in [1.807, 2.05) is 36.4 Å². The van der Waals surface area contributed by atoms with Crippen molar-refractivity contribution in [3.63, 3.8) is 0 Å². The van der Waals surface area contributed by atoms with Gasteiger partial charge in [0.1, 0.15) is 12.0 Å². The number of hydrogen-bond acceptors (Lipinski definition) is 5. The number of nitrogens with zero attached hydrogens (tertiary/aromatic N) is 3. The third-order valence-corrected chi connectivity index (χ3v) is 4.27. The van der Waals surface area contributed by atoms with E-state index in [9.17, 15) is 0 Å². The van der Waals surface area contributed by atoms with Gasteiger partial charge in [0.05, 0.1) is 0 Å². The van der Waals surface area contributed by atoms with Crippen molar-refractivity contribution in [2.75, 3.05) is 22.5 Å². The molecule has 128 valence electrons. The molecule has 1 heterocycles. The summed E-state index contributed by atoms with van der Waals surface area (Å²) in [5.74, 6) is 1.32. The molecule has 0 fully saturated rings. The molecule has 0 saturated carbocycles. The average molecular weight is 333 g/mol. The molecule has 5 nitrogen and oxygen atoms in total. The number of rotatable bonds is 5. The minimum atomic E-state index is 0.534. The van der Waals surface area contributed by atoms with Gasteiger partial charge in [-0.2, -0.15) is 0 Å². The molecule has 3 N–H and O–H groups in total. The molecule has 0 spiro atoms. The van der Waals surface area contributed by atoms with Gasteiger partial charge in [-0.25, -0.2) is 9.97 Å². The Hall–Kier alpha value is -3.08. The third kappa shape index (κ3) is 3.55. The van der Waals surface area contributed by atoms with Crippen LogP contribution in [0.25, 0.3) is 0 Å². The standard InChI is InChI=1S/C20H23N5/c1-4-25(17-8-6-5-7-9-17)20-18(21)19(22-13-23-20)24-16-11-10-14(2)15(3)12-16/h5-13H,4,21H2,1-3H3,(H,22,23,24). The maximum atomic E-state index is 6.38. The van der Waals surface area contributed by atoms with Crippen LogP contribution in [0.15, 0.2) is 54.9 Å². The molecule has 0 saturated heterocycles. The molecule has 0 bridgehead atoms. The highest BCUT2D eigenvalue weighted by atomic mass is 15.2. The van der Waals surface area contributed by atoms with Crippen molar-refractivity contribution in [2.45, 2.75) is 20.8 Å². The molecular formula is C20H23N5. The van der Waals surface area contributed by atoms with Crippen LogP contribution < -0.4 is 16.0 Å². The van der Waals surface area contributed by atoms with Crippen molar-refractivity contribution in [3.05, 3.63) is 66.0 Å². The predicted octanol–water partition coefficient (Wildman–Crippen LogP) is 4.58. The molecule has 25 heavy (non-hydrogen) atoms. The minimum Gasteiger partial charge on any atom is -0.393 e. The highest BCUT2D eigenvalue weighted by Gasteiger charge is 2.15. The quantitative estimate of drug-likeness (QED) is 0.715. The van der Waals surface area contributed by atoms with Crippen LogP contribution >= 0.6 is 0 Å². The van der Waals surface area contributed by atoms with E-state index in [0.29, 0.717) is 17.3 Å². The number of aromatic nitrogens is 2. The predicted molar refractivity (Wildman–Crippen MR) is 105 cm³/mol. The first kappa shape index (κ1) is 16.8. The van der Waals surface area contributed by atoms with Gasteiger partial charge in [0.2, 0.25) is 0 Å². The molecular weight excluding hydrogens is 310 g/mol. The van der Waals surface area contributed by atoms with Gasteiger partial charge < -0.3 is 16.0 Å². The Morgan fingerprint density at radius 3 is 2.44 bits per heavy atom. The number of anilines is 5. The number of benzene rings is 2. The van der Waals surface area contributed by atoms with Gasteiger partial charge in [-0.1, -0.05) is 24.3 Å². The van der Waals surface area contributed by atoms with Gasteiger partial charge in [0.15, 0.2) is 11.6 Å². The van der Waals surface area contributed by atoms with E-state index < -0.39 is 0 Å². The smallest absolute Gasteiger partial charge is 0.161 e. The molecule has 1 aromatic heterocycles. The highest BCUT2D eigenvalue weighted by Crippen LogP contribution is 2.32. The van der Waals surface area contributed by atoms with Crippen LogP contribution in [-0.2, 0) is 0 Å². The van der Waals surface area contributed by atoms with Crippen LogP contribution in [0.5, 0.6) is 0 Å². The van der Waals surface area contributed by atoms with E-state index in [0.717, 1.165) is 17.9 Å². The monoisotopic (exact) mass is 333 g/mol. The van der Waals surface area contributed by atoms with Crippen LogP contribution in [0.3, 0.4) is 0 Å². The Morgan fingerprint density at radius 1 is 1.00 bits per heavy atom. The lowest BCUT2D eigenvalue weighted by atomic mass is 10.1. The summed E-state index contributed by atoms with van der Waals surface area (Å²) in [4.78, 5) is 10.8. The Labute approximate surface area is 148 Å². The lowest BCUT2D eigenvalue weighted by molar-refractivity contribution is 0.980. The molecule has 0 aliphatic heterocycles. The molecule has 2 aromatic carbocycles. The molecule has 5 heteroatoms. The summed E-state index contributed by atoms with van der Waals surface area (Å²) in [6.45, 7) is 7.01. The summed E-state index contributed by atoms with van der Waals surface area (Å²) >= 11 is 0. The maximum Gasteiger partial charge on any atom is 0.161 e. The largest absolute Gasteiger partial charge is 0.393 e. The second-order valence-corrected chi connectivity index (χ2v) is 5.96. The first-order valence-electron chi connectivity index (χ1n) is 8.37. The molecule has 0 unspecified atom stereocenters. The third-order valence-electron chi connectivity index (χ3n) is 4.27. The zero-order chi connectivity index (χ0) is 17.8. The Bertz CT molecular complexity index is 861. The Balaban J connectivity index is 1.95. The van der Waals surface area contributed by atoms with Crippen molar-refractivity contribution in [3.8, 4) is 0 Å². The lowest BCUT2D eigenvalue weighted by Gasteiger charge is -2.24. The van der Waals surface area contributed by atoms with Crippen LogP contribution in [0, 0.1) is 13.8 Å². The van der Waals surface area contributed by atoms with Gasteiger partial charge >= 0.3 is 0 Å². The second-order valence-electron chi connectivity index (χ2n) is 5.96. The van der Waals surface area contributed by atoms with Crippen LogP contribution in [-0.4, -0.2) is 16.5 Å². The molecule has 3 aromatic rings. The van der Waals surface area contributed by atoms with Crippen LogP contribution in [0.2, 0.25) is 0 Å². The van der Waals surface area contributed by atoms with Gasteiger partial charge in [-0.3, -0.25) is 0 Å². The van der Waals surface area contributed by atoms with Gasteiger partial charge in [-0.05, 0) is 56.2 Å². The zero-order valence-electron chi connectivity index (χ0n) is 14.8. The summed E-state index contributed by atoms with van der Waals surface area (Å²) in [7, 11) is 0. The fourth-order valence-electron chi connectivity index (χ4n) is 2.72. The van der Waals surface area contributed by atoms with Crippen LogP contribution in [0.1, 0.15) is 18.1 Å². The first-order chi connectivity index (χ1) is 12.1. The topological polar surface area (TPSA) is 67.1 Å². The van der Waals surface area contributed by atoms with Gasteiger partial charge in [0.25, 0.3) is 0 Å². The van der Waals surface area contributed by atoms with E-state index >= 15 is 0 Å². The molecule has 3 rings (SSSR count). The number of aryl methyl sites for hydroxylation is 2. The number of nitrogens with one attached hydrogen (secondary N) is 1. The van der Waals surface area contributed by atoms with E-state index in [1.165, 1.54) is 11.1 Å². The van der Waals surface area contributed by atoms with Crippen molar-refractivity contribution in [1.82, 2.24) is 9.97 Å². The van der Waals surface area contributed by atoms with Crippen LogP contribution in [0.4, 0.5) is 28.7 Å². The summed E-state index contributed by atoms with van der Waals surface area (Å²) < 4.78 is 0. The SMILES string of the molecule is CCN(c1ccccc1)c1ncnc(Nc2ccc(C)c(C)c2)c1N. The average Bonchev–Trinajstić information content (AvgIpc) is 2.63. The molecule has 0 aliphatic carbocycles. The number of hydrogen-bond donors (Lipinski definition) is 2. The molecule has 0 radical (unpaired) electrons. The summed E-state index contributed by atoms with van der Waals surface area (Å²) in [5.41, 5.74) is 11.4. The van der Waals surface area contributed by atoms with Gasteiger partial charge in [-0.15, -0.1) is 0 Å². The second kappa shape index (κ2) is 7.21. The van der Waals surface area contributed by atoms with Crippen molar-refractivity contribution < 1.29 is 0 Å². The normalized spacial score (nSPS) is 10.5. The van der Waals surface area contributed by atoms with E-state index in [-0.39, 0.29) is 0 Å². The number of para-hydroxylation sites is 1. The zero-order valence-corrected chi connectivity index (χ0v) is 14.8. The van der Waals surface area contributed by atoms with Crippen molar-refractivity contribution in [1.29, 1.82) is 0 Å². The number of nitrogens with two attached hydrogens (primary N) is 1. The molecule has 0 aliphatic rings. The summed E-state index contributed by atoms with van der Waals surface area (Å²) in [6.07, 6.45) is 1.54. The van der Waals surface area contributed by atoms with Gasteiger partial charge in [0, 0.05) is 17.9 Å². The van der Waals surface area contributed by atoms with E-state index in [4.69, 9.17) is 5.73 Å². The summed E-state index contributed by atoms with van der Waals surface area (Å²) in [5, 5.41) is 3.31. The maximum absolute atomic E-state index is 6.38. The fraction of sp³-hybridized carbons (Fsp3) is 0.200. The number of nitrogen functional groups attached to an aromatic ring is 1. The first-order valence-corrected chi connectivity index (χ1v) is 8.37. The molecule has 0 amide bonds. The molecule has 0 atom stereocenters. The summed E-state index contributed by atoms with van der Waals surface area (Å²) in [6, 6.07) is 16.3. The Kier molecular flexibility index (Phi) is 4.84. The van der Waals surface area contributed by atoms with Crippen molar-refractivity contribution in [2.24, 2.45) is 0 Å². The highest BCUT2D eigenvalue weighted by molar-refractivity contribution is 5.81. The van der Waals surface area contributed by atoms with E-state index in [2.05, 4.69) is 53.1 Å². The lowest BCUT2D eigenvalue weighted by Crippen LogP contribution is -2.19. The van der Waals surface area contributed by atoms with Crippen molar-refractivity contribution >= 4 is 28.7 Å². The minimum absolute atomic E-state index is 0.534.